The zero-order chi connectivity index (χ0) is 18.3. The average molecular weight is 349 g/mol. The van der Waals surface area contributed by atoms with Crippen molar-refractivity contribution < 1.29 is 19.0 Å². The van der Waals surface area contributed by atoms with Gasteiger partial charge in [0.05, 0.1) is 18.2 Å². The summed E-state index contributed by atoms with van der Waals surface area (Å²) in [6.45, 7) is 0.476. The quantitative estimate of drug-likeness (QED) is 0.581. The predicted molar refractivity (Wildman–Crippen MR) is 98.5 cm³/mol. The standard InChI is InChI=1S/C21H16FNO3/c1-26-18-11-10-16(21(24)25)19-15-4-2-3-5-17(15)23(20(18)19)12-13-6-8-14(22)9-7-13/h2-11H,12H2,1H3,(H,24,25). The molecule has 130 valence electrons. The number of rotatable bonds is 4. The number of nitrogens with zero attached hydrogens (tertiary/aromatic N) is 1. The number of methoxy groups -OCH3 is 1. The van der Waals surface area contributed by atoms with Crippen LogP contribution in [-0.4, -0.2) is 22.8 Å². The first-order chi connectivity index (χ1) is 12.6. The van der Waals surface area contributed by atoms with Gasteiger partial charge in [0.25, 0.3) is 0 Å². The van der Waals surface area contributed by atoms with E-state index < -0.39 is 5.97 Å². The third-order valence-corrected chi connectivity index (χ3v) is 4.58. The lowest BCUT2D eigenvalue weighted by Gasteiger charge is -2.11. The molecule has 1 N–H and O–H groups in total. The van der Waals surface area contributed by atoms with Crippen molar-refractivity contribution in [2.45, 2.75) is 6.54 Å². The van der Waals surface area contributed by atoms with Crippen molar-refractivity contribution in [1.82, 2.24) is 4.57 Å². The molecular formula is C21H16FNO3. The third kappa shape index (κ3) is 2.49. The summed E-state index contributed by atoms with van der Waals surface area (Å²) in [5.74, 6) is -0.674. The summed E-state index contributed by atoms with van der Waals surface area (Å²) in [6.07, 6.45) is 0. The number of carboxylic acid groups (broad SMARTS) is 1. The van der Waals surface area contributed by atoms with Crippen LogP contribution < -0.4 is 4.74 Å². The molecule has 1 heterocycles. The minimum atomic E-state index is -0.984. The number of carboxylic acids is 1. The van der Waals surface area contributed by atoms with Crippen LogP contribution >= 0.6 is 0 Å². The number of halogens is 1. The summed E-state index contributed by atoms with van der Waals surface area (Å²) in [6, 6.07) is 17.2. The fourth-order valence-corrected chi connectivity index (χ4v) is 3.43. The molecule has 3 aromatic carbocycles. The monoisotopic (exact) mass is 349 g/mol. The number of ether oxygens (including phenoxy) is 1. The van der Waals surface area contributed by atoms with Crippen molar-refractivity contribution in [3.63, 3.8) is 0 Å². The van der Waals surface area contributed by atoms with Crippen LogP contribution in [0.1, 0.15) is 15.9 Å². The Morgan fingerprint density at radius 2 is 1.81 bits per heavy atom. The molecule has 0 aliphatic carbocycles. The first-order valence-electron chi connectivity index (χ1n) is 8.16. The smallest absolute Gasteiger partial charge is 0.336 e. The van der Waals surface area contributed by atoms with Gasteiger partial charge in [0.1, 0.15) is 11.6 Å². The second-order valence-electron chi connectivity index (χ2n) is 6.07. The van der Waals surface area contributed by atoms with Crippen molar-refractivity contribution in [3.05, 3.63) is 77.6 Å². The van der Waals surface area contributed by atoms with Gasteiger partial charge in [-0.15, -0.1) is 0 Å². The number of hydrogen-bond donors (Lipinski definition) is 1. The maximum absolute atomic E-state index is 13.2. The lowest BCUT2D eigenvalue weighted by Crippen LogP contribution is -2.02. The number of para-hydroxylation sites is 1. The molecule has 0 aliphatic rings. The van der Waals surface area contributed by atoms with E-state index in [9.17, 15) is 14.3 Å². The Bertz CT molecular complexity index is 1130. The second-order valence-corrected chi connectivity index (χ2v) is 6.07. The van der Waals surface area contributed by atoms with Crippen LogP contribution in [0.5, 0.6) is 5.75 Å². The van der Waals surface area contributed by atoms with Gasteiger partial charge in [-0.2, -0.15) is 0 Å². The van der Waals surface area contributed by atoms with E-state index >= 15 is 0 Å². The van der Waals surface area contributed by atoms with Crippen LogP contribution in [0, 0.1) is 5.82 Å². The average Bonchev–Trinajstić information content (AvgIpc) is 2.97. The van der Waals surface area contributed by atoms with Crippen molar-refractivity contribution >= 4 is 27.8 Å². The molecule has 4 aromatic rings. The predicted octanol–water partition coefficient (Wildman–Crippen LogP) is 4.69. The Balaban J connectivity index is 2.08. The maximum atomic E-state index is 13.2. The number of carbonyl (C=O) groups is 1. The minimum absolute atomic E-state index is 0.231. The van der Waals surface area contributed by atoms with Gasteiger partial charge in [0.2, 0.25) is 0 Å². The van der Waals surface area contributed by atoms with Crippen LogP contribution in [-0.2, 0) is 6.54 Å². The van der Waals surface area contributed by atoms with Crippen LogP contribution in [0.4, 0.5) is 4.39 Å². The van der Waals surface area contributed by atoms with E-state index in [1.54, 1.807) is 31.4 Å². The van der Waals surface area contributed by atoms with Crippen LogP contribution in [0.25, 0.3) is 21.8 Å². The number of benzene rings is 3. The molecule has 0 bridgehead atoms. The molecule has 0 saturated carbocycles. The van der Waals surface area contributed by atoms with E-state index in [1.807, 2.05) is 28.8 Å². The highest BCUT2D eigenvalue weighted by molar-refractivity contribution is 6.18. The Morgan fingerprint density at radius 1 is 1.08 bits per heavy atom. The van der Waals surface area contributed by atoms with Crippen LogP contribution in [0.3, 0.4) is 0 Å². The van der Waals surface area contributed by atoms with Crippen LogP contribution in [0.2, 0.25) is 0 Å². The van der Waals surface area contributed by atoms with Gasteiger partial charge in [0.15, 0.2) is 0 Å². The molecule has 4 rings (SSSR count). The van der Waals surface area contributed by atoms with Gasteiger partial charge < -0.3 is 14.4 Å². The number of aromatic nitrogens is 1. The largest absolute Gasteiger partial charge is 0.495 e. The van der Waals surface area contributed by atoms with Crippen molar-refractivity contribution in [2.75, 3.05) is 7.11 Å². The highest BCUT2D eigenvalue weighted by Crippen LogP contribution is 2.37. The maximum Gasteiger partial charge on any atom is 0.336 e. The molecule has 0 amide bonds. The van der Waals surface area contributed by atoms with Gasteiger partial charge in [-0.3, -0.25) is 0 Å². The molecule has 4 nitrogen and oxygen atoms in total. The lowest BCUT2D eigenvalue weighted by molar-refractivity contribution is 0.0699. The number of fused-ring (bicyclic) bond motifs is 3. The minimum Gasteiger partial charge on any atom is -0.495 e. The van der Waals surface area contributed by atoms with Gasteiger partial charge >= 0.3 is 5.97 Å². The summed E-state index contributed by atoms with van der Waals surface area (Å²) in [7, 11) is 1.56. The molecule has 0 unspecified atom stereocenters. The summed E-state index contributed by atoms with van der Waals surface area (Å²) < 4.78 is 20.8. The van der Waals surface area contributed by atoms with E-state index in [1.165, 1.54) is 12.1 Å². The molecule has 5 heteroatoms. The number of hydrogen-bond acceptors (Lipinski definition) is 2. The summed E-state index contributed by atoms with van der Waals surface area (Å²) >= 11 is 0. The molecule has 0 radical (unpaired) electrons. The first-order valence-corrected chi connectivity index (χ1v) is 8.16. The Kier molecular flexibility index (Phi) is 3.84. The third-order valence-electron chi connectivity index (χ3n) is 4.58. The molecule has 0 fully saturated rings. The summed E-state index contributed by atoms with van der Waals surface area (Å²) in [4.78, 5) is 11.8. The van der Waals surface area contributed by atoms with Crippen molar-refractivity contribution in [3.8, 4) is 5.75 Å². The number of aromatic carboxylic acids is 1. The second kappa shape index (κ2) is 6.19. The van der Waals surface area contributed by atoms with Crippen LogP contribution in [0.15, 0.2) is 60.7 Å². The Labute approximate surface area is 149 Å². The first kappa shape index (κ1) is 16.1. The van der Waals surface area contributed by atoms with E-state index in [-0.39, 0.29) is 11.4 Å². The van der Waals surface area contributed by atoms with Gasteiger partial charge in [-0.05, 0) is 35.9 Å². The van der Waals surface area contributed by atoms with E-state index in [0.717, 1.165) is 22.0 Å². The zero-order valence-corrected chi connectivity index (χ0v) is 14.1. The molecule has 1 aromatic heterocycles. The van der Waals surface area contributed by atoms with Crippen molar-refractivity contribution in [1.29, 1.82) is 0 Å². The van der Waals surface area contributed by atoms with Gasteiger partial charge in [-0.1, -0.05) is 30.3 Å². The molecule has 0 aliphatic heterocycles. The SMILES string of the molecule is COc1ccc(C(=O)O)c2c3ccccc3n(Cc3ccc(F)cc3)c12. The highest BCUT2D eigenvalue weighted by Gasteiger charge is 2.20. The summed E-state index contributed by atoms with van der Waals surface area (Å²) in [5, 5.41) is 11.1. The van der Waals surface area contributed by atoms with Crippen molar-refractivity contribution in [2.24, 2.45) is 0 Å². The Hall–Kier alpha value is -3.34. The molecule has 0 atom stereocenters. The molecule has 0 spiro atoms. The van der Waals surface area contributed by atoms with E-state index in [4.69, 9.17) is 4.74 Å². The topological polar surface area (TPSA) is 51.5 Å². The Morgan fingerprint density at radius 3 is 2.50 bits per heavy atom. The molecule has 26 heavy (non-hydrogen) atoms. The fourth-order valence-electron chi connectivity index (χ4n) is 3.43. The summed E-state index contributed by atoms with van der Waals surface area (Å²) in [5.41, 5.74) is 2.77. The molecular weight excluding hydrogens is 333 g/mol. The molecule has 0 saturated heterocycles. The highest BCUT2D eigenvalue weighted by atomic mass is 19.1. The van der Waals surface area contributed by atoms with Gasteiger partial charge in [-0.25, -0.2) is 9.18 Å². The van der Waals surface area contributed by atoms with E-state index in [0.29, 0.717) is 17.7 Å². The fraction of sp³-hybridized carbons (Fsp3) is 0.0952. The normalized spacial score (nSPS) is 11.2. The zero-order valence-electron chi connectivity index (χ0n) is 14.1. The lowest BCUT2D eigenvalue weighted by atomic mass is 10.1. The van der Waals surface area contributed by atoms with E-state index in [2.05, 4.69) is 0 Å². The van der Waals surface area contributed by atoms with Gasteiger partial charge in [0, 0.05) is 22.8 Å².